The minimum atomic E-state index is -4.96. The summed E-state index contributed by atoms with van der Waals surface area (Å²) in [5.74, 6) is 0.272. The first-order valence-electron chi connectivity index (χ1n) is 41.8. The predicted molar refractivity (Wildman–Crippen MR) is 409 cm³/mol. The highest BCUT2D eigenvalue weighted by Gasteiger charge is 2.30. The third-order valence-electron chi connectivity index (χ3n) is 18.9. The molecule has 100 heavy (non-hydrogen) atoms. The van der Waals surface area contributed by atoms with Crippen LogP contribution in [0.15, 0.2) is 0 Å². The van der Waals surface area contributed by atoms with Gasteiger partial charge in [-0.15, -0.1) is 0 Å². The molecule has 0 aliphatic rings. The van der Waals surface area contributed by atoms with Gasteiger partial charge in [0.15, 0.2) is 12.2 Å². The fraction of sp³-hybridized carbons (Fsp3) is 0.951. The van der Waals surface area contributed by atoms with E-state index in [1.165, 1.54) is 225 Å². The largest absolute Gasteiger partial charge is 0.472 e. The molecular formula is C81H158O17P2. The summed E-state index contributed by atoms with van der Waals surface area (Å²) in [6, 6.07) is 0. The molecule has 0 spiro atoms. The molecule has 0 aromatic heterocycles. The minimum absolute atomic E-state index is 0.106. The second-order valence-electron chi connectivity index (χ2n) is 30.6. The Morgan fingerprint density at radius 3 is 0.680 bits per heavy atom. The van der Waals surface area contributed by atoms with Gasteiger partial charge in [0.05, 0.1) is 26.4 Å². The lowest BCUT2D eigenvalue weighted by Gasteiger charge is -2.21. The molecule has 17 nitrogen and oxygen atoms in total. The molecule has 0 heterocycles. The summed E-state index contributed by atoms with van der Waals surface area (Å²) >= 11 is 0. The molecule has 0 rings (SSSR count). The van der Waals surface area contributed by atoms with Gasteiger partial charge in [-0.3, -0.25) is 37.3 Å². The Hall–Kier alpha value is -1.94. The maximum Gasteiger partial charge on any atom is 0.472 e. The molecule has 2 unspecified atom stereocenters. The molecule has 0 aromatic carbocycles. The van der Waals surface area contributed by atoms with Gasteiger partial charge in [0, 0.05) is 25.7 Å². The molecule has 3 N–H and O–H groups in total. The van der Waals surface area contributed by atoms with Crippen LogP contribution >= 0.6 is 15.6 Å². The van der Waals surface area contributed by atoms with Crippen LogP contribution in [0.5, 0.6) is 0 Å². The SMILES string of the molecule is CCCCCCCCCCC(=O)OC[C@H](COP(=O)(O)OC[C@H](O)COP(=O)(O)OC[C@@H](COC(=O)CCCCCCCCCCCCCCCCC(C)C)OC(=O)CCCCCCCCCCCCCCCCCCCCC(C)C)OC(=O)CCCCCCCCCCCCCC(C)C. The third kappa shape index (κ3) is 74.3. The summed E-state index contributed by atoms with van der Waals surface area (Å²) in [7, 11) is -9.92. The zero-order valence-electron chi connectivity index (χ0n) is 65.7. The van der Waals surface area contributed by atoms with Gasteiger partial charge in [-0.25, -0.2) is 9.13 Å². The molecule has 0 bridgehead atoms. The number of carbonyl (C=O) groups is 4. The molecular weight excluding hydrogens is 1310 g/mol. The van der Waals surface area contributed by atoms with Crippen molar-refractivity contribution in [1.29, 1.82) is 0 Å². The van der Waals surface area contributed by atoms with Gasteiger partial charge in [-0.2, -0.15) is 0 Å². The Labute approximate surface area is 613 Å². The topological polar surface area (TPSA) is 237 Å². The van der Waals surface area contributed by atoms with Crippen LogP contribution in [0.1, 0.15) is 421 Å². The summed E-state index contributed by atoms with van der Waals surface area (Å²) in [6.45, 7) is 12.0. The zero-order valence-corrected chi connectivity index (χ0v) is 67.5. The zero-order chi connectivity index (χ0) is 73.7. The smallest absolute Gasteiger partial charge is 0.462 e. The minimum Gasteiger partial charge on any atom is -0.462 e. The average Bonchev–Trinajstić information content (AvgIpc) is 0.958. The molecule has 0 saturated heterocycles. The molecule has 594 valence electrons. The standard InChI is InChI=1S/C81H158O17P2/c1-8-9-10-11-12-41-48-55-62-78(83)91-68-76(97-81(86)65-58-51-44-37-31-25-28-34-40-47-54-61-74(6)7)70-95-99(87,88)93-66-75(82)67-94-100(89,90)96-71-77(69-92-79(84)63-56-49-42-35-29-23-20-19-22-27-33-39-46-53-60-73(4)5)98-80(85)64-57-50-43-36-30-24-18-16-14-13-15-17-21-26-32-38-45-52-59-72(2)3/h72-77,82H,8-71H2,1-7H3,(H,87,88)(H,89,90)/t75-,76+,77+/m0/s1. The average molecular weight is 1470 g/mol. The number of aliphatic hydroxyl groups is 1. The number of hydrogen-bond donors (Lipinski definition) is 3. The molecule has 0 radical (unpaired) electrons. The lowest BCUT2D eigenvalue weighted by atomic mass is 10.0. The van der Waals surface area contributed by atoms with E-state index in [1.54, 1.807) is 0 Å². The van der Waals surface area contributed by atoms with Crippen molar-refractivity contribution < 1.29 is 80.2 Å². The lowest BCUT2D eigenvalue weighted by Crippen LogP contribution is -2.30. The normalized spacial score (nSPS) is 14.0. The van der Waals surface area contributed by atoms with Crippen molar-refractivity contribution >= 4 is 39.5 Å². The second kappa shape index (κ2) is 71.3. The number of carbonyl (C=O) groups excluding carboxylic acids is 4. The highest BCUT2D eigenvalue weighted by molar-refractivity contribution is 7.47. The van der Waals surface area contributed by atoms with Crippen LogP contribution in [0.4, 0.5) is 0 Å². The van der Waals surface area contributed by atoms with Gasteiger partial charge >= 0.3 is 39.5 Å². The van der Waals surface area contributed by atoms with Crippen LogP contribution in [0.2, 0.25) is 0 Å². The Morgan fingerprint density at radius 2 is 0.460 bits per heavy atom. The van der Waals surface area contributed by atoms with Crippen molar-refractivity contribution in [3.8, 4) is 0 Å². The summed E-state index contributed by atoms with van der Waals surface area (Å²) in [5, 5.41) is 10.6. The number of aliphatic hydroxyl groups excluding tert-OH is 1. The molecule has 19 heteroatoms. The number of ether oxygens (including phenoxy) is 4. The summed E-state index contributed by atoms with van der Waals surface area (Å²) in [4.78, 5) is 72.9. The van der Waals surface area contributed by atoms with Crippen molar-refractivity contribution in [2.24, 2.45) is 17.8 Å². The first-order valence-corrected chi connectivity index (χ1v) is 44.8. The number of unbranched alkanes of at least 4 members (excludes halogenated alkanes) is 47. The Kier molecular flexibility index (Phi) is 69.9. The van der Waals surface area contributed by atoms with Gasteiger partial charge < -0.3 is 33.8 Å². The second-order valence-corrected chi connectivity index (χ2v) is 33.5. The van der Waals surface area contributed by atoms with E-state index in [2.05, 4.69) is 48.5 Å². The van der Waals surface area contributed by atoms with E-state index in [9.17, 15) is 43.2 Å². The molecule has 5 atom stereocenters. The molecule has 0 aromatic rings. The van der Waals surface area contributed by atoms with Gasteiger partial charge in [0.1, 0.15) is 19.3 Å². The lowest BCUT2D eigenvalue weighted by molar-refractivity contribution is -0.161. The number of esters is 4. The van der Waals surface area contributed by atoms with E-state index in [4.69, 9.17) is 37.0 Å². The highest BCUT2D eigenvalue weighted by Crippen LogP contribution is 2.45. The molecule has 0 aliphatic heterocycles. The van der Waals surface area contributed by atoms with E-state index < -0.39 is 97.5 Å². The third-order valence-corrected chi connectivity index (χ3v) is 20.8. The monoisotopic (exact) mass is 1470 g/mol. The Bertz CT molecular complexity index is 1940. The van der Waals surface area contributed by atoms with Gasteiger partial charge in [0.25, 0.3) is 0 Å². The van der Waals surface area contributed by atoms with Gasteiger partial charge in [-0.05, 0) is 43.4 Å². The first kappa shape index (κ1) is 98.1. The highest BCUT2D eigenvalue weighted by atomic mass is 31.2. The first-order chi connectivity index (χ1) is 48.2. The van der Waals surface area contributed by atoms with E-state index in [0.717, 1.165) is 114 Å². The van der Waals surface area contributed by atoms with E-state index in [0.29, 0.717) is 25.7 Å². The van der Waals surface area contributed by atoms with Crippen molar-refractivity contribution in [2.45, 2.75) is 439 Å². The summed E-state index contributed by atoms with van der Waals surface area (Å²) in [5.41, 5.74) is 0. The number of phosphoric ester groups is 2. The fourth-order valence-electron chi connectivity index (χ4n) is 12.5. The molecule has 0 amide bonds. The predicted octanol–water partition coefficient (Wildman–Crippen LogP) is 24.1. The van der Waals surface area contributed by atoms with Crippen LogP contribution in [0, 0.1) is 17.8 Å². The number of hydrogen-bond acceptors (Lipinski definition) is 15. The van der Waals surface area contributed by atoms with E-state index in [1.807, 2.05) is 0 Å². The number of phosphoric acid groups is 2. The van der Waals surface area contributed by atoms with E-state index >= 15 is 0 Å². The van der Waals surface area contributed by atoms with Gasteiger partial charge in [-0.1, -0.05) is 370 Å². The summed E-state index contributed by atoms with van der Waals surface area (Å²) < 4.78 is 68.6. The maximum atomic E-state index is 13.1. The number of rotatable bonds is 79. The van der Waals surface area contributed by atoms with E-state index in [-0.39, 0.29) is 25.7 Å². The fourth-order valence-corrected chi connectivity index (χ4v) is 14.1. The van der Waals surface area contributed by atoms with Crippen LogP contribution in [-0.2, 0) is 65.4 Å². The van der Waals surface area contributed by atoms with Crippen molar-refractivity contribution in [1.82, 2.24) is 0 Å². The van der Waals surface area contributed by atoms with Crippen LogP contribution in [-0.4, -0.2) is 96.7 Å². The Balaban J connectivity index is 5.20. The van der Waals surface area contributed by atoms with Gasteiger partial charge in [0.2, 0.25) is 0 Å². The van der Waals surface area contributed by atoms with Crippen molar-refractivity contribution in [2.75, 3.05) is 39.6 Å². The molecule has 0 fully saturated rings. The van der Waals surface area contributed by atoms with Crippen molar-refractivity contribution in [3.63, 3.8) is 0 Å². The van der Waals surface area contributed by atoms with Crippen LogP contribution in [0.3, 0.4) is 0 Å². The van der Waals surface area contributed by atoms with Crippen LogP contribution < -0.4 is 0 Å². The van der Waals surface area contributed by atoms with Crippen LogP contribution in [0.25, 0.3) is 0 Å². The maximum absolute atomic E-state index is 13.1. The molecule has 0 saturated carbocycles. The molecule has 0 aliphatic carbocycles. The summed E-state index contributed by atoms with van der Waals surface area (Å²) in [6.07, 6.45) is 59.8. The quantitative estimate of drug-likeness (QED) is 0.0222. The Morgan fingerprint density at radius 1 is 0.270 bits per heavy atom. The van der Waals surface area contributed by atoms with Crippen molar-refractivity contribution in [3.05, 3.63) is 0 Å².